The van der Waals surface area contributed by atoms with Crippen LogP contribution in [0.3, 0.4) is 0 Å². The van der Waals surface area contributed by atoms with Crippen LogP contribution in [0.2, 0.25) is 0 Å². The lowest BCUT2D eigenvalue weighted by Crippen LogP contribution is -2.06. The Kier molecular flexibility index (Phi) is 3.71. The van der Waals surface area contributed by atoms with Gasteiger partial charge in [-0.3, -0.25) is 0 Å². The van der Waals surface area contributed by atoms with Crippen molar-refractivity contribution in [2.24, 2.45) is 0 Å². The van der Waals surface area contributed by atoms with Gasteiger partial charge in [-0.1, -0.05) is 6.58 Å². The SMILES string of the molecule is C=C(C)OC(C)CCl. The highest BCUT2D eigenvalue weighted by molar-refractivity contribution is 6.18. The largest absolute Gasteiger partial charge is 0.495 e. The first-order valence-corrected chi connectivity index (χ1v) is 3.08. The van der Waals surface area contributed by atoms with E-state index in [-0.39, 0.29) is 6.10 Å². The maximum atomic E-state index is 5.43. The molecule has 0 N–H and O–H groups in total. The van der Waals surface area contributed by atoms with Crippen LogP contribution in [-0.2, 0) is 4.74 Å². The van der Waals surface area contributed by atoms with Crippen LogP contribution in [0.4, 0.5) is 0 Å². The molecule has 0 amide bonds. The molecule has 0 aromatic heterocycles. The van der Waals surface area contributed by atoms with E-state index in [1.165, 1.54) is 0 Å². The lowest BCUT2D eigenvalue weighted by atomic mass is 10.5. The zero-order valence-electron chi connectivity index (χ0n) is 5.28. The summed E-state index contributed by atoms with van der Waals surface area (Å²) in [5.74, 6) is 1.24. The Balaban J connectivity index is 3.24. The maximum Gasteiger partial charge on any atom is 0.109 e. The fourth-order valence-electron chi connectivity index (χ4n) is 0.375. The standard InChI is InChI=1S/C6H11ClO/c1-5(2)8-6(3)4-7/h6H,1,4H2,2-3H3. The minimum atomic E-state index is 0.0918. The summed E-state index contributed by atoms with van der Waals surface area (Å²) in [5, 5.41) is 0. The zero-order chi connectivity index (χ0) is 6.57. The highest BCUT2D eigenvalue weighted by atomic mass is 35.5. The molecule has 2 heteroatoms. The van der Waals surface area contributed by atoms with Crippen molar-refractivity contribution in [3.63, 3.8) is 0 Å². The van der Waals surface area contributed by atoms with Crippen molar-refractivity contribution in [1.82, 2.24) is 0 Å². The van der Waals surface area contributed by atoms with E-state index in [0.29, 0.717) is 5.88 Å². The van der Waals surface area contributed by atoms with Crippen LogP contribution in [0.25, 0.3) is 0 Å². The second kappa shape index (κ2) is 3.79. The third-order valence-electron chi connectivity index (χ3n) is 0.620. The number of hydrogen-bond donors (Lipinski definition) is 0. The van der Waals surface area contributed by atoms with Crippen molar-refractivity contribution < 1.29 is 4.74 Å². The molecule has 0 aromatic carbocycles. The Bertz CT molecular complexity index is 80.6. The van der Waals surface area contributed by atoms with E-state index >= 15 is 0 Å². The number of allylic oxidation sites excluding steroid dienone is 1. The van der Waals surface area contributed by atoms with Crippen LogP contribution in [0.15, 0.2) is 12.3 Å². The molecule has 8 heavy (non-hydrogen) atoms. The molecule has 1 unspecified atom stereocenters. The fraction of sp³-hybridized carbons (Fsp3) is 0.667. The summed E-state index contributed by atoms with van der Waals surface area (Å²) in [4.78, 5) is 0. The summed E-state index contributed by atoms with van der Waals surface area (Å²) in [7, 11) is 0. The molecule has 0 fully saturated rings. The third kappa shape index (κ3) is 4.00. The lowest BCUT2D eigenvalue weighted by molar-refractivity contribution is 0.153. The van der Waals surface area contributed by atoms with Crippen molar-refractivity contribution in [2.75, 3.05) is 5.88 Å². The molecule has 0 radical (unpaired) electrons. The Morgan fingerprint density at radius 2 is 2.38 bits per heavy atom. The van der Waals surface area contributed by atoms with Gasteiger partial charge in [-0.15, -0.1) is 11.6 Å². The summed E-state index contributed by atoms with van der Waals surface area (Å²) < 4.78 is 5.07. The lowest BCUT2D eigenvalue weighted by Gasteiger charge is -2.09. The van der Waals surface area contributed by atoms with Crippen LogP contribution in [0, 0.1) is 0 Å². The smallest absolute Gasteiger partial charge is 0.109 e. The normalized spacial score (nSPS) is 12.9. The molecule has 48 valence electrons. The topological polar surface area (TPSA) is 9.23 Å². The molecule has 0 saturated carbocycles. The Labute approximate surface area is 55.3 Å². The Morgan fingerprint density at radius 3 is 2.50 bits per heavy atom. The van der Waals surface area contributed by atoms with Crippen molar-refractivity contribution in [1.29, 1.82) is 0 Å². The molecular formula is C6H11ClO. The van der Waals surface area contributed by atoms with Gasteiger partial charge in [0.05, 0.1) is 11.6 Å². The molecule has 1 atom stereocenters. The van der Waals surface area contributed by atoms with Gasteiger partial charge in [0, 0.05) is 0 Å². The molecule has 0 spiro atoms. The second-order valence-corrected chi connectivity index (χ2v) is 2.09. The second-order valence-electron chi connectivity index (χ2n) is 1.78. The average molecular weight is 135 g/mol. The first kappa shape index (κ1) is 7.83. The van der Waals surface area contributed by atoms with E-state index in [1.54, 1.807) is 0 Å². The quantitative estimate of drug-likeness (QED) is 0.425. The predicted octanol–water partition coefficient (Wildman–Crippen LogP) is 2.16. The molecular weight excluding hydrogens is 124 g/mol. The first-order chi connectivity index (χ1) is 3.66. The van der Waals surface area contributed by atoms with Gasteiger partial charge in [-0.2, -0.15) is 0 Å². The van der Waals surface area contributed by atoms with Gasteiger partial charge in [0.2, 0.25) is 0 Å². The van der Waals surface area contributed by atoms with Gasteiger partial charge in [-0.05, 0) is 13.8 Å². The molecule has 0 aliphatic rings. The molecule has 0 saturated heterocycles. The van der Waals surface area contributed by atoms with E-state index in [2.05, 4.69) is 6.58 Å². The van der Waals surface area contributed by atoms with E-state index in [4.69, 9.17) is 16.3 Å². The minimum Gasteiger partial charge on any atom is -0.495 e. The molecule has 0 aliphatic heterocycles. The molecule has 0 aliphatic carbocycles. The highest BCUT2D eigenvalue weighted by Crippen LogP contribution is 1.99. The van der Waals surface area contributed by atoms with E-state index in [9.17, 15) is 0 Å². The first-order valence-electron chi connectivity index (χ1n) is 2.55. The molecule has 0 heterocycles. The van der Waals surface area contributed by atoms with Gasteiger partial charge in [0.25, 0.3) is 0 Å². The number of hydrogen-bond acceptors (Lipinski definition) is 1. The fourth-order valence-corrected chi connectivity index (χ4v) is 0.438. The van der Waals surface area contributed by atoms with Crippen LogP contribution < -0.4 is 0 Å². The maximum absolute atomic E-state index is 5.43. The molecule has 1 nitrogen and oxygen atoms in total. The van der Waals surface area contributed by atoms with Crippen LogP contribution in [0.5, 0.6) is 0 Å². The molecule has 0 rings (SSSR count). The number of alkyl halides is 1. The summed E-state index contributed by atoms with van der Waals surface area (Å²) >= 11 is 5.43. The van der Waals surface area contributed by atoms with Crippen LogP contribution >= 0.6 is 11.6 Å². The zero-order valence-corrected chi connectivity index (χ0v) is 6.03. The van der Waals surface area contributed by atoms with Crippen molar-refractivity contribution in [3.8, 4) is 0 Å². The summed E-state index contributed by atoms with van der Waals surface area (Å²) in [6.45, 7) is 7.28. The van der Waals surface area contributed by atoms with Crippen LogP contribution in [-0.4, -0.2) is 12.0 Å². The third-order valence-corrected chi connectivity index (χ3v) is 1.05. The summed E-state index contributed by atoms with van der Waals surface area (Å²) in [6.07, 6.45) is 0.0918. The van der Waals surface area contributed by atoms with Crippen molar-refractivity contribution in [2.45, 2.75) is 20.0 Å². The van der Waals surface area contributed by atoms with E-state index in [1.807, 2.05) is 13.8 Å². The Hall–Kier alpha value is -0.170. The van der Waals surface area contributed by atoms with Crippen LogP contribution in [0.1, 0.15) is 13.8 Å². The molecule has 0 bridgehead atoms. The number of rotatable bonds is 3. The summed E-state index contributed by atoms with van der Waals surface area (Å²) in [5.41, 5.74) is 0. The van der Waals surface area contributed by atoms with Gasteiger partial charge in [-0.25, -0.2) is 0 Å². The Morgan fingerprint density at radius 1 is 1.88 bits per heavy atom. The minimum absolute atomic E-state index is 0.0918. The molecule has 0 aromatic rings. The monoisotopic (exact) mass is 134 g/mol. The van der Waals surface area contributed by atoms with Crippen molar-refractivity contribution >= 4 is 11.6 Å². The van der Waals surface area contributed by atoms with Gasteiger partial charge < -0.3 is 4.74 Å². The highest BCUT2D eigenvalue weighted by Gasteiger charge is 1.96. The number of halogens is 1. The predicted molar refractivity (Wildman–Crippen MR) is 36.1 cm³/mol. The van der Waals surface area contributed by atoms with Gasteiger partial charge in [0.15, 0.2) is 0 Å². The average Bonchev–Trinajstić information content (AvgIpc) is 1.65. The van der Waals surface area contributed by atoms with Crippen molar-refractivity contribution in [3.05, 3.63) is 12.3 Å². The van der Waals surface area contributed by atoms with E-state index < -0.39 is 0 Å². The summed E-state index contributed by atoms with van der Waals surface area (Å²) in [6, 6.07) is 0. The van der Waals surface area contributed by atoms with Gasteiger partial charge in [0.1, 0.15) is 6.10 Å². The van der Waals surface area contributed by atoms with E-state index in [0.717, 1.165) is 5.76 Å². The van der Waals surface area contributed by atoms with Gasteiger partial charge >= 0.3 is 0 Å². The number of ether oxygens (including phenoxy) is 1.